The van der Waals surface area contributed by atoms with Crippen LogP contribution in [0.1, 0.15) is 32.1 Å². The van der Waals surface area contributed by atoms with Crippen molar-refractivity contribution < 1.29 is 26.7 Å². The highest BCUT2D eigenvalue weighted by Gasteiger charge is 2.32. The van der Waals surface area contributed by atoms with Crippen molar-refractivity contribution in [3.63, 3.8) is 0 Å². The maximum atomic E-state index is 12.1. The Morgan fingerprint density at radius 1 is 0.829 bits per heavy atom. The molecule has 7 nitrogen and oxygen atoms in total. The van der Waals surface area contributed by atoms with Gasteiger partial charge in [-0.2, -0.15) is 8.42 Å². The summed E-state index contributed by atoms with van der Waals surface area (Å²) in [5, 5.41) is 0. The van der Waals surface area contributed by atoms with Gasteiger partial charge >= 0.3 is 16.0 Å². The molecular weight excluding hydrogens is 536 g/mol. The number of nitrogens with zero attached hydrogens (tertiary/aromatic N) is 2. The van der Waals surface area contributed by atoms with Gasteiger partial charge in [0.1, 0.15) is 6.08 Å². The first-order chi connectivity index (χ1) is 19.9. The molecule has 0 aliphatic carbocycles. The molecule has 0 unspecified atom stereocenters. The van der Waals surface area contributed by atoms with Crippen LogP contribution in [0.5, 0.6) is 5.75 Å². The maximum Gasteiger partial charge on any atom is 0.380 e. The van der Waals surface area contributed by atoms with Crippen LogP contribution in [-0.2, 0) is 16.0 Å². The highest BCUT2D eigenvalue weighted by molar-refractivity contribution is 7.84. The first-order valence-corrected chi connectivity index (χ1v) is 15.3. The molecule has 0 saturated heterocycles. The lowest BCUT2D eigenvalue weighted by molar-refractivity contribution is -0.658. The van der Waals surface area contributed by atoms with E-state index in [1.165, 1.54) is 4.57 Å². The third kappa shape index (κ3) is 5.75. The zero-order chi connectivity index (χ0) is 28.4. The molecule has 2 heterocycles. The van der Waals surface area contributed by atoms with Gasteiger partial charge in [-0.15, -0.1) is 4.57 Å². The van der Waals surface area contributed by atoms with Crippen LogP contribution in [0, 0.1) is 0 Å². The Bertz CT molecular complexity index is 1830. The van der Waals surface area contributed by atoms with Gasteiger partial charge in [0.15, 0.2) is 5.75 Å². The molecule has 0 amide bonds. The minimum absolute atomic E-state index is 0.259. The topological polar surface area (TPSA) is 83.9 Å². The Balaban J connectivity index is 1.45. The Hall–Kier alpha value is -4.40. The second-order valence-corrected chi connectivity index (χ2v) is 11.5. The van der Waals surface area contributed by atoms with Crippen molar-refractivity contribution >= 4 is 33.0 Å². The van der Waals surface area contributed by atoms with Crippen molar-refractivity contribution in [2.24, 2.45) is 0 Å². The number of oxazole rings is 1. The monoisotopic (exact) mass is 567 g/mol. The first-order valence-electron chi connectivity index (χ1n) is 13.7. The first kappa shape index (κ1) is 26.8. The lowest BCUT2D eigenvalue weighted by atomic mass is 10.0. The quantitative estimate of drug-likeness (QED) is 0.114. The van der Waals surface area contributed by atoms with E-state index in [4.69, 9.17) is 9.15 Å². The molecule has 0 radical (unpaired) electrons. The molecule has 4 aromatic carbocycles. The predicted molar refractivity (Wildman–Crippen MR) is 161 cm³/mol. The Labute approximate surface area is 239 Å². The molecule has 1 aliphatic heterocycles. The zero-order valence-corrected chi connectivity index (χ0v) is 23.5. The lowest BCUT2D eigenvalue weighted by Gasteiger charge is -2.18. The van der Waals surface area contributed by atoms with Crippen molar-refractivity contribution in [3.05, 3.63) is 109 Å². The average molecular weight is 568 g/mol. The molecule has 0 spiro atoms. The SMILES string of the molecule is CCCCCN1C(=Cc2oc3ccc(-c4ccccc4)cc3[n+]2CS(=O)(=O)O)Oc2ccc(-c3ccccc3)cc21. The van der Waals surface area contributed by atoms with Crippen molar-refractivity contribution in [1.82, 2.24) is 0 Å². The molecular formula is C33H31N2O5S+. The molecule has 0 atom stereocenters. The van der Waals surface area contributed by atoms with Crippen LogP contribution >= 0.6 is 0 Å². The maximum absolute atomic E-state index is 12.1. The molecule has 41 heavy (non-hydrogen) atoms. The van der Waals surface area contributed by atoms with Gasteiger partial charge in [0, 0.05) is 12.6 Å². The summed E-state index contributed by atoms with van der Waals surface area (Å²) in [6, 6.07) is 31.7. The minimum Gasteiger partial charge on any atom is -0.438 e. The summed E-state index contributed by atoms with van der Waals surface area (Å²) in [5.41, 5.74) is 6.07. The molecule has 1 aromatic heterocycles. The summed E-state index contributed by atoms with van der Waals surface area (Å²) in [4.78, 5) is 2.11. The Kier molecular flexibility index (Phi) is 7.34. The van der Waals surface area contributed by atoms with Crippen molar-refractivity contribution in [2.75, 3.05) is 11.4 Å². The van der Waals surface area contributed by atoms with Crippen LogP contribution in [0.4, 0.5) is 5.69 Å². The van der Waals surface area contributed by atoms with Gasteiger partial charge in [-0.05, 0) is 46.9 Å². The van der Waals surface area contributed by atoms with Gasteiger partial charge < -0.3 is 14.1 Å². The van der Waals surface area contributed by atoms with E-state index in [9.17, 15) is 13.0 Å². The molecule has 0 bridgehead atoms. The molecule has 6 rings (SSSR count). The number of anilines is 1. The zero-order valence-electron chi connectivity index (χ0n) is 22.7. The van der Waals surface area contributed by atoms with Gasteiger partial charge in [0.25, 0.3) is 11.4 Å². The third-order valence-corrected chi connectivity index (χ3v) is 7.78. The Morgan fingerprint density at radius 3 is 2.15 bits per heavy atom. The average Bonchev–Trinajstić information content (AvgIpc) is 3.49. The predicted octanol–water partition coefficient (Wildman–Crippen LogP) is 7.29. The largest absolute Gasteiger partial charge is 0.438 e. The normalized spacial score (nSPS) is 14.0. The number of benzene rings is 4. The van der Waals surface area contributed by atoms with E-state index in [1.54, 1.807) is 6.08 Å². The summed E-state index contributed by atoms with van der Waals surface area (Å²) in [7, 11) is -4.37. The van der Waals surface area contributed by atoms with Crippen LogP contribution in [0.2, 0.25) is 0 Å². The summed E-state index contributed by atoms with van der Waals surface area (Å²) < 4.78 is 48.0. The minimum atomic E-state index is -4.37. The summed E-state index contributed by atoms with van der Waals surface area (Å²) in [6.07, 6.45) is 4.80. The van der Waals surface area contributed by atoms with Crippen LogP contribution in [0.3, 0.4) is 0 Å². The fourth-order valence-electron chi connectivity index (χ4n) is 5.19. The molecule has 5 aromatic rings. The van der Waals surface area contributed by atoms with Crippen molar-refractivity contribution in [1.29, 1.82) is 0 Å². The van der Waals surface area contributed by atoms with Gasteiger partial charge in [0.05, 0.1) is 5.69 Å². The number of hydrogen-bond acceptors (Lipinski definition) is 5. The number of fused-ring (bicyclic) bond motifs is 2. The Morgan fingerprint density at radius 2 is 1.49 bits per heavy atom. The van der Waals surface area contributed by atoms with Gasteiger partial charge in [0.2, 0.25) is 11.5 Å². The molecule has 208 valence electrons. The van der Waals surface area contributed by atoms with E-state index in [0.29, 0.717) is 17.0 Å². The van der Waals surface area contributed by atoms with Crippen LogP contribution < -0.4 is 14.2 Å². The second-order valence-electron chi connectivity index (χ2n) is 10.1. The highest BCUT2D eigenvalue weighted by atomic mass is 32.2. The smallest absolute Gasteiger partial charge is 0.380 e. The standard InChI is InChI=1S/C33H30N2O5S/c1-2-3-10-19-34-28-20-26(24-11-6-4-7-12-24)15-17-30(28)39-32(34)22-33-35(23-41(36,37)38)29-21-27(16-18-31(29)40-33)25-13-8-5-9-14-25/h4-9,11-18,20-22H,2-3,10,19,23H2,1H3/p+1. The van der Waals surface area contributed by atoms with E-state index in [0.717, 1.165) is 59.5 Å². The van der Waals surface area contributed by atoms with Crippen LogP contribution in [0.25, 0.3) is 39.4 Å². The van der Waals surface area contributed by atoms with Crippen LogP contribution in [0.15, 0.2) is 107 Å². The van der Waals surface area contributed by atoms with E-state index >= 15 is 0 Å². The lowest BCUT2D eigenvalue weighted by Crippen LogP contribution is -2.39. The number of unbranched alkanes of at least 4 members (excludes halogenated alkanes) is 2. The highest BCUT2D eigenvalue weighted by Crippen LogP contribution is 2.42. The van der Waals surface area contributed by atoms with Gasteiger partial charge in [-0.25, -0.2) is 0 Å². The molecule has 1 aliphatic rings. The summed E-state index contributed by atoms with van der Waals surface area (Å²) in [5.74, 6) is 0.858. The molecule has 0 fully saturated rings. The molecule has 1 N–H and O–H groups in total. The fourth-order valence-corrected chi connectivity index (χ4v) is 5.78. The van der Waals surface area contributed by atoms with Crippen molar-refractivity contribution in [2.45, 2.75) is 32.1 Å². The summed E-state index contributed by atoms with van der Waals surface area (Å²) in [6.45, 7) is 2.89. The fraction of sp³-hybridized carbons (Fsp3) is 0.182. The van der Waals surface area contributed by atoms with Gasteiger partial charge in [-0.1, -0.05) is 92.6 Å². The molecule has 8 heteroatoms. The van der Waals surface area contributed by atoms with E-state index in [2.05, 4.69) is 30.0 Å². The van der Waals surface area contributed by atoms with Crippen LogP contribution in [-0.4, -0.2) is 19.5 Å². The number of hydrogen-bond donors (Lipinski definition) is 1. The van der Waals surface area contributed by atoms with E-state index in [1.807, 2.05) is 78.9 Å². The van der Waals surface area contributed by atoms with Crippen molar-refractivity contribution in [3.8, 4) is 28.0 Å². The number of rotatable bonds is 9. The third-order valence-electron chi connectivity index (χ3n) is 7.20. The van der Waals surface area contributed by atoms with Gasteiger partial charge in [-0.3, -0.25) is 4.55 Å². The van der Waals surface area contributed by atoms with E-state index < -0.39 is 16.0 Å². The number of ether oxygens (including phenoxy) is 1. The number of aromatic nitrogens is 1. The second kappa shape index (κ2) is 11.2. The summed E-state index contributed by atoms with van der Waals surface area (Å²) >= 11 is 0. The van der Waals surface area contributed by atoms with E-state index in [-0.39, 0.29) is 5.89 Å². The molecule has 0 saturated carbocycles.